The van der Waals surface area contributed by atoms with Crippen LogP contribution in [0, 0.1) is 0 Å². The molecule has 3 aromatic rings. The lowest BCUT2D eigenvalue weighted by atomic mass is 10.1. The highest BCUT2D eigenvalue weighted by atomic mass is 16.1. The first-order valence-corrected chi connectivity index (χ1v) is 6.25. The summed E-state index contributed by atoms with van der Waals surface area (Å²) in [5, 5.41) is 4.16. The Balaban J connectivity index is 2.08. The summed E-state index contributed by atoms with van der Waals surface area (Å²) in [7, 11) is 0. The molecule has 1 heterocycles. The van der Waals surface area contributed by atoms with Crippen molar-refractivity contribution in [2.24, 2.45) is 5.73 Å². The van der Waals surface area contributed by atoms with E-state index in [9.17, 15) is 4.79 Å². The number of nitrogens with zero attached hydrogens (tertiary/aromatic N) is 2. The lowest BCUT2D eigenvalue weighted by molar-refractivity contribution is 0.0993. The van der Waals surface area contributed by atoms with Gasteiger partial charge in [0, 0.05) is 0 Å². The summed E-state index contributed by atoms with van der Waals surface area (Å²) in [4.78, 5) is 11.4. The van der Waals surface area contributed by atoms with E-state index in [1.807, 2.05) is 54.6 Å². The third-order valence-electron chi connectivity index (χ3n) is 3.09. The minimum Gasteiger partial charge on any atom is -0.364 e. The van der Waals surface area contributed by atoms with E-state index < -0.39 is 5.91 Å². The van der Waals surface area contributed by atoms with Gasteiger partial charge in [-0.15, -0.1) is 0 Å². The van der Waals surface area contributed by atoms with Crippen molar-refractivity contribution >= 4 is 5.91 Å². The van der Waals surface area contributed by atoms with Crippen molar-refractivity contribution in [3.63, 3.8) is 0 Å². The minimum atomic E-state index is -0.493. The molecule has 2 N–H and O–H groups in total. The number of primary amides is 1. The maximum Gasteiger partial charge on any atom is 0.267 e. The number of amides is 1. The molecule has 2 aromatic carbocycles. The number of hydrogen-bond acceptors (Lipinski definition) is 2. The minimum absolute atomic E-state index is 0.371. The van der Waals surface area contributed by atoms with Crippen LogP contribution in [0.15, 0.2) is 66.9 Å². The fourth-order valence-corrected chi connectivity index (χ4v) is 2.14. The number of hydrogen-bond donors (Lipinski definition) is 1. The van der Waals surface area contributed by atoms with Gasteiger partial charge in [0.15, 0.2) is 0 Å². The molecule has 0 aliphatic carbocycles. The van der Waals surface area contributed by atoms with Crippen LogP contribution in [0.1, 0.15) is 10.5 Å². The van der Waals surface area contributed by atoms with Gasteiger partial charge in [0.05, 0.1) is 11.9 Å². The van der Waals surface area contributed by atoms with Crippen LogP contribution in [0.2, 0.25) is 0 Å². The number of rotatable bonds is 3. The predicted octanol–water partition coefficient (Wildman–Crippen LogP) is 2.64. The molecule has 1 amide bonds. The van der Waals surface area contributed by atoms with Gasteiger partial charge < -0.3 is 5.73 Å². The molecule has 1 aromatic heterocycles. The molecular weight excluding hydrogens is 250 g/mol. The Labute approximate surface area is 116 Å². The molecule has 0 saturated carbocycles. The van der Waals surface area contributed by atoms with E-state index in [1.54, 1.807) is 16.9 Å². The fourth-order valence-electron chi connectivity index (χ4n) is 2.14. The predicted molar refractivity (Wildman–Crippen MR) is 77.5 cm³/mol. The highest BCUT2D eigenvalue weighted by molar-refractivity contribution is 5.91. The van der Waals surface area contributed by atoms with Gasteiger partial charge in [-0.1, -0.05) is 42.5 Å². The fraction of sp³-hybridized carbons (Fsp3) is 0. The van der Waals surface area contributed by atoms with Gasteiger partial charge in [0.25, 0.3) is 5.91 Å². The first-order chi connectivity index (χ1) is 9.75. The Morgan fingerprint density at radius 3 is 2.45 bits per heavy atom. The molecule has 0 radical (unpaired) electrons. The van der Waals surface area contributed by atoms with Crippen molar-refractivity contribution in [1.82, 2.24) is 9.78 Å². The summed E-state index contributed by atoms with van der Waals surface area (Å²) < 4.78 is 1.55. The maximum atomic E-state index is 11.4. The molecule has 3 rings (SSSR count). The van der Waals surface area contributed by atoms with Crippen molar-refractivity contribution in [3.05, 3.63) is 72.6 Å². The van der Waals surface area contributed by atoms with E-state index in [0.29, 0.717) is 5.69 Å². The van der Waals surface area contributed by atoms with Crippen LogP contribution in [0.4, 0.5) is 0 Å². The molecule has 0 aliphatic rings. The Kier molecular flexibility index (Phi) is 3.05. The van der Waals surface area contributed by atoms with Crippen molar-refractivity contribution in [2.45, 2.75) is 0 Å². The molecule has 20 heavy (non-hydrogen) atoms. The number of aromatic nitrogens is 2. The summed E-state index contributed by atoms with van der Waals surface area (Å²) in [5.41, 5.74) is 8.70. The molecular formula is C16H13N3O. The van der Waals surface area contributed by atoms with Crippen LogP contribution < -0.4 is 5.73 Å². The van der Waals surface area contributed by atoms with Crippen molar-refractivity contribution < 1.29 is 4.79 Å². The van der Waals surface area contributed by atoms with Gasteiger partial charge in [-0.05, 0) is 29.3 Å². The number of benzene rings is 2. The Morgan fingerprint density at radius 2 is 1.70 bits per heavy atom. The van der Waals surface area contributed by atoms with Crippen molar-refractivity contribution in [3.8, 4) is 16.8 Å². The Bertz CT molecular complexity index is 747. The zero-order chi connectivity index (χ0) is 13.9. The van der Waals surface area contributed by atoms with E-state index in [1.165, 1.54) is 0 Å². The van der Waals surface area contributed by atoms with Crippen LogP contribution in [0.5, 0.6) is 0 Å². The van der Waals surface area contributed by atoms with Crippen LogP contribution in [-0.2, 0) is 0 Å². The molecule has 98 valence electrons. The Hall–Kier alpha value is -2.88. The van der Waals surface area contributed by atoms with Crippen molar-refractivity contribution in [2.75, 3.05) is 0 Å². The van der Waals surface area contributed by atoms with E-state index >= 15 is 0 Å². The summed E-state index contributed by atoms with van der Waals surface area (Å²) in [6.07, 6.45) is 1.56. The highest BCUT2D eigenvalue weighted by Crippen LogP contribution is 2.22. The van der Waals surface area contributed by atoms with Crippen LogP contribution in [0.25, 0.3) is 16.8 Å². The van der Waals surface area contributed by atoms with Gasteiger partial charge in [0.2, 0.25) is 0 Å². The van der Waals surface area contributed by atoms with E-state index in [-0.39, 0.29) is 0 Å². The van der Waals surface area contributed by atoms with E-state index in [2.05, 4.69) is 5.10 Å². The van der Waals surface area contributed by atoms with E-state index in [4.69, 9.17) is 5.73 Å². The molecule has 4 nitrogen and oxygen atoms in total. The molecule has 0 unspecified atom stereocenters. The summed E-state index contributed by atoms with van der Waals surface area (Å²) in [5.74, 6) is -0.493. The first-order valence-electron chi connectivity index (χ1n) is 6.25. The monoisotopic (exact) mass is 263 g/mol. The quantitative estimate of drug-likeness (QED) is 0.789. The van der Waals surface area contributed by atoms with E-state index in [0.717, 1.165) is 16.8 Å². The highest BCUT2D eigenvalue weighted by Gasteiger charge is 2.10. The Morgan fingerprint density at radius 1 is 0.950 bits per heavy atom. The average molecular weight is 263 g/mol. The van der Waals surface area contributed by atoms with Crippen molar-refractivity contribution in [1.29, 1.82) is 0 Å². The molecule has 4 heteroatoms. The third kappa shape index (κ3) is 2.19. The lowest BCUT2D eigenvalue weighted by Crippen LogP contribution is -2.16. The van der Waals surface area contributed by atoms with Gasteiger partial charge in [-0.25, -0.2) is 4.68 Å². The second-order valence-corrected chi connectivity index (χ2v) is 4.41. The third-order valence-corrected chi connectivity index (χ3v) is 3.09. The summed E-state index contributed by atoms with van der Waals surface area (Å²) in [6.45, 7) is 0. The second kappa shape index (κ2) is 5.01. The SMILES string of the molecule is NC(=O)c1ccnn1-c1cccc(-c2ccccc2)c1. The zero-order valence-corrected chi connectivity index (χ0v) is 10.7. The molecule has 0 spiro atoms. The molecule has 0 atom stereocenters. The summed E-state index contributed by atoms with van der Waals surface area (Å²) in [6, 6.07) is 19.5. The lowest BCUT2D eigenvalue weighted by Gasteiger charge is -2.07. The first kappa shape index (κ1) is 12.2. The average Bonchev–Trinajstić information content (AvgIpc) is 2.98. The van der Waals surface area contributed by atoms with Gasteiger partial charge in [-0.3, -0.25) is 4.79 Å². The van der Waals surface area contributed by atoms with Gasteiger partial charge in [0.1, 0.15) is 5.69 Å². The number of nitrogens with two attached hydrogens (primary N) is 1. The summed E-state index contributed by atoms with van der Waals surface area (Å²) >= 11 is 0. The smallest absolute Gasteiger partial charge is 0.267 e. The molecule has 0 saturated heterocycles. The van der Waals surface area contributed by atoms with Gasteiger partial charge in [-0.2, -0.15) is 5.10 Å². The second-order valence-electron chi connectivity index (χ2n) is 4.41. The maximum absolute atomic E-state index is 11.4. The van der Waals surface area contributed by atoms with Crippen LogP contribution in [-0.4, -0.2) is 15.7 Å². The number of carbonyl (C=O) groups is 1. The standard InChI is InChI=1S/C16H13N3O/c17-16(20)15-9-10-18-19(15)14-8-4-7-13(11-14)12-5-2-1-3-6-12/h1-11H,(H2,17,20). The van der Waals surface area contributed by atoms with Gasteiger partial charge >= 0.3 is 0 Å². The van der Waals surface area contributed by atoms with Crippen LogP contribution >= 0.6 is 0 Å². The largest absolute Gasteiger partial charge is 0.364 e. The molecule has 0 aliphatic heterocycles. The molecule has 0 bridgehead atoms. The molecule has 0 fully saturated rings. The topological polar surface area (TPSA) is 60.9 Å². The normalized spacial score (nSPS) is 10.4. The van der Waals surface area contributed by atoms with Crippen LogP contribution in [0.3, 0.4) is 0 Å². The number of carbonyl (C=O) groups excluding carboxylic acids is 1. The zero-order valence-electron chi connectivity index (χ0n) is 10.7.